The zero-order valence-electron chi connectivity index (χ0n) is 15.9. The molecular formula is C23H20N2O3S. The highest BCUT2D eigenvalue weighted by Crippen LogP contribution is 2.36. The Hall–Kier alpha value is -3.38. The molecule has 0 saturated carbocycles. The number of carbonyl (C=O) groups is 1. The molecule has 0 unspecified atom stereocenters. The summed E-state index contributed by atoms with van der Waals surface area (Å²) in [6, 6.07) is 23.6. The molecule has 0 bridgehead atoms. The van der Waals surface area contributed by atoms with Crippen LogP contribution in [0.4, 0.5) is 11.4 Å². The Labute approximate surface area is 170 Å². The Bertz CT molecular complexity index is 1180. The summed E-state index contributed by atoms with van der Waals surface area (Å²) in [4.78, 5) is 12.7. The second kappa shape index (κ2) is 7.56. The van der Waals surface area contributed by atoms with Crippen LogP contribution in [0, 0.1) is 6.92 Å². The number of anilines is 2. The first kappa shape index (κ1) is 19.0. The van der Waals surface area contributed by atoms with Gasteiger partial charge in [0.25, 0.3) is 10.0 Å². The number of nitrogens with one attached hydrogen (secondary N) is 1. The molecule has 4 rings (SSSR count). The Morgan fingerprint density at radius 2 is 1.55 bits per heavy atom. The third-order valence-electron chi connectivity index (χ3n) is 4.80. The number of hydrogen-bond acceptors (Lipinski definition) is 4. The molecule has 1 heterocycles. The van der Waals surface area contributed by atoms with E-state index in [0.717, 1.165) is 11.1 Å². The van der Waals surface area contributed by atoms with Gasteiger partial charge in [-0.05, 0) is 36.8 Å². The number of sulfonamides is 1. The van der Waals surface area contributed by atoms with Gasteiger partial charge in [0.15, 0.2) is 4.91 Å². The van der Waals surface area contributed by atoms with Gasteiger partial charge in [-0.2, -0.15) is 0 Å². The normalized spacial score (nSPS) is 16.5. The highest BCUT2D eigenvalue weighted by Gasteiger charge is 2.39. The molecule has 0 atom stereocenters. The summed E-state index contributed by atoms with van der Waals surface area (Å²) in [7, 11) is -4.02. The highest BCUT2D eigenvalue weighted by molar-refractivity contribution is 7.97. The molecule has 1 aliphatic heterocycles. The van der Waals surface area contributed by atoms with Gasteiger partial charge in [-0.3, -0.25) is 9.10 Å². The summed E-state index contributed by atoms with van der Waals surface area (Å²) < 4.78 is 28.0. The smallest absolute Gasteiger partial charge is 0.270 e. The summed E-state index contributed by atoms with van der Waals surface area (Å²) in [5, 5.41) is 2.95. The van der Waals surface area contributed by atoms with Crippen molar-refractivity contribution in [2.45, 2.75) is 13.5 Å². The molecule has 5 nitrogen and oxygen atoms in total. The number of Topliss-reactive ketones (excluding diaryl/α,β-unsaturated/α-hetero) is 1. The summed E-state index contributed by atoms with van der Waals surface area (Å²) >= 11 is 0. The van der Waals surface area contributed by atoms with E-state index in [1.165, 1.54) is 10.5 Å². The lowest BCUT2D eigenvalue weighted by Crippen LogP contribution is -2.39. The molecule has 0 fully saturated rings. The quantitative estimate of drug-likeness (QED) is 0.651. The lowest BCUT2D eigenvalue weighted by Gasteiger charge is -2.31. The second-order valence-corrected chi connectivity index (χ2v) is 8.69. The van der Waals surface area contributed by atoms with E-state index in [0.29, 0.717) is 16.9 Å². The minimum absolute atomic E-state index is 0.148. The van der Waals surface area contributed by atoms with Crippen LogP contribution in [0.3, 0.4) is 0 Å². The van der Waals surface area contributed by atoms with Crippen molar-refractivity contribution in [2.75, 3.05) is 9.62 Å². The summed E-state index contributed by atoms with van der Waals surface area (Å²) in [5.41, 5.74) is 3.40. The first-order valence-corrected chi connectivity index (χ1v) is 10.6. The third-order valence-corrected chi connectivity index (χ3v) is 6.56. The number of ketones is 1. The Morgan fingerprint density at radius 1 is 0.897 bits per heavy atom. The fourth-order valence-electron chi connectivity index (χ4n) is 3.24. The standard InChI is InChI=1S/C23H20N2O3S/c1-17-11-13-19(14-12-17)24-15-22-23(26)20-9-5-6-10-21(20)25(29(22,27)28)16-18-7-3-2-4-8-18/h2-15,24H,16H2,1H3/b22-15-. The van der Waals surface area contributed by atoms with Crippen LogP contribution in [0.5, 0.6) is 0 Å². The number of allylic oxidation sites excluding steroid dienone is 1. The molecule has 146 valence electrons. The molecule has 3 aromatic rings. The zero-order chi connectivity index (χ0) is 20.4. The molecule has 1 N–H and O–H groups in total. The van der Waals surface area contributed by atoms with E-state index in [-0.39, 0.29) is 11.4 Å². The number of benzene rings is 3. The fourth-order valence-corrected chi connectivity index (χ4v) is 4.77. The van der Waals surface area contributed by atoms with Crippen molar-refractivity contribution in [3.63, 3.8) is 0 Å². The molecule has 3 aromatic carbocycles. The van der Waals surface area contributed by atoms with Crippen LogP contribution in [0.1, 0.15) is 21.5 Å². The second-order valence-electron chi connectivity index (χ2n) is 6.86. The van der Waals surface area contributed by atoms with Gasteiger partial charge < -0.3 is 5.32 Å². The van der Waals surface area contributed by atoms with Gasteiger partial charge in [-0.1, -0.05) is 60.2 Å². The number of para-hydroxylation sites is 1. The molecular weight excluding hydrogens is 384 g/mol. The van der Waals surface area contributed by atoms with E-state index in [9.17, 15) is 13.2 Å². The number of aryl methyl sites for hydroxylation is 1. The monoisotopic (exact) mass is 404 g/mol. The topological polar surface area (TPSA) is 66.5 Å². The minimum atomic E-state index is -4.02. The van der Waals surface area contributed by atoms with Crippen LogP contribution in [0.15, 0.2) is 90.0 Å². The van der Waals surface area contributed by atoms with E-state index < -0.39 is 15.8 Å². The van der Waals surface area contributed by atoms with Gasteiger partial charge in [-0.15, -0.1) is 0 Å². The van der Waals surface area contributed by atoms with Crippen molar-refractivity contribution in [3.05, 3.63) is 107 Å². The average molecular weight is 404 g/mol. The SMILES string of the molecule is Cc1ccc(N/C=C2/C(=O)c3ccccc3N(Cc3ccccc3)S2(=O)=O)cc1. The minimum Gasteiger partial charge on any atom is -0.360 e. The predicted octanol–water partition coefficient (Wildman–Crippen LogP) is 4.48. The molecule has 0 aromatic heterocycles. The first-order chi connectivity index (χ1) is 14.0. The number of carbonyl (C=O) groups excluding carboxylic acids is 1. The van der Waals surface area contributed by atoms with Crippen LogP contribution >= 0.6 is 0 Å². The molecule has 0 saturated heterocycles. The van der Waals surface area contributed by atoms with E-state index >= 15 is 0 Å². The van der Waals surface area contributed by atoms with Gasteiger partial charge >= 0.3 is 0 Å². The van der Waals surface area contributed by atoms with Crippen LogP contribution in [0.2, 0.25) is 0 Å². The largest absolute Gasteiger partial charge is 0.360 e. The van der Waals surface area contributed by atoms with E-state index in [1.807, 2.05) is 61.5 Å². The maximum atomic E-state index is 13.4. The van der Waals surface area contributed by atoms with E-state index in [4.69, 9.17) is 0 Å². The molecule has 0 radical (unpaired) electrons. The van der Waals surface area contributed by atoms with Crippen molar-refractivity contribution in [1.82, 2.24) is 0 Å². The summed E-state index contributed by atoms with van der Waals surface area (Å²) in [5.74, 6) is -0.510. The third kappa shape index (κ3) is 3.67. The zero-order valence-corrected chi connectivity index (χ0v) is 16.7. The molecule has 6 heteroatoms. The maximum Gasteiger partial charge on any atom is 0.270 e. The van der Waals surface area contributed by atoms with Crippen LogP contribution in [0.25, 0.3) is 0 Å². The van der Waals surface area contributed by atoms with Crippen LogP contribution < -0.4 is 9.62 Å². The number of hydrogen-bond donors (Lipinski definition) is 1. The molecule has 0 amide bonds. The lowest BCUT2D eigenvalue weighted by molar-refractivity contribution is 0.104. The van der Waals surface area contributed by atoms with E-state index in [1.54, 1.807) is 24.3 Å². The average Bonchev–Trinajstić information content (AvgIpc) is 2.73. The fraction of sp³-hybridized carbons (Fsp3) is 0.0870. The van der Waals surface area contributed by atoms with Crippen molar-refractivity contribution < 1.29 is 13.2 Å². The first-order valence-electron chi connectivity index (χ1n) is 9.20. The Balaban J connectivity index is 1.77. The van der Waals surface area contributed by atoms with Crippen LogP contribution in [-0.4, -0.2) is 14.2 Å². The predicted molar refractivity (Wildman–Crippen MR) is 115 cm³/mol. The molecule has 0 aliphatic carbocycles. The Kier molecular flexibility index (Phi) is 4.94. The van der Waals surface area contributed by atoms with Crippen molar-refractivity contribution in [2.24, 2.45) is 0 Å². The van der Waals surface area contributed by atoms with Gasteiger partial charge in [0.2, 0.25) is 5.78 Å². The Morgan fingerprint density at radius 3 is 2.28 bits per heavy atom. The van der Waals surface area contributed by atoms with Gasteiger partial charge in [-0.25, -0.2) is 8.42 Å². The van der Waals surface area contributed by atoms with E-state index in [2.05, 4.69) is 5.32 Å². The van der Waals surface area contributed by atoms with Gasteiger partial charge in [0.1, 0.15) is 0 Å². The number of nitrogens with zero attached hydrogens (tertiary/aromatic N) is 1. The van der Waals surface area contributed by atoms with Crippen molar-refractivity contribution in [1.29, 1.82) is 0 Å². The van der Waals surface area contributed by atoms with Gasteiger partial charge in [0.05, 0.1) is 12.2 Å². The summed E-state index contributed by atoms with van der Waals surface area (Å²) in [6.45, 7) is 2.12. The lowest BCUT2D eigenvalue weighted by atomic mass is 10.1. The van der Waals surface area contributed by atoms with Crippen molar-refractivity contribution >= 4 is 27.2 Å². The molecule has 0 spiro atoms. The molecule has 29 heavy (non-hydrogen) atoms. The summed E-state index contributed by atoms with van der Waals surface area (Å²) in [6.07, 6.45) is 1.29. The van der Waals surface area contributed by atoms with Crippen molar-refractivity contribution in [3.8, 4) is 0 Å². The number of rotatable bonds is 4. The molecule has 1 aliphatic rings. The highest BCUT2D eigenvalue weighted by atomic mass is 32.2. The maximum absolute atomic E-state index is 13.4. The number of fused-ring (bicyclic) bond motifs is 1. The van der Waals surface area contributed by atoms with Gasteiger partial charge in [0, 0.05) is 17.5 Å². The van der Waals surface area contributed by atoms with Crippen LogP contribution in [-0.2, 0) is 16.6 Å².